The number of carbonyl (C=O) groups excluding carboxylic acids is 2. The second kappa shape index (κ2) is 11.4. The summed E-state index contributed by atoms with van der Waals surface area (Å²) in [5.74, 6) is 0.0559. The van der Waals surface area contributed by atoms with Crippen LogP contribution in [0.1, 0.15) is 58.4 Å². The number of thioether (sulfide) groups is 1. The van der Waals surface area contributed by atoms with Crippen molar-refractivity contribution in [1.82, 2.24) is 0 Å². The molecule has 0 radical (unpaired) electrons. The van der Waals surface area contributed by atoms with Gasteiger partial charge in [-0.2, -0.15) is 0 Å². The van der Waals surface area contributed by atoms with Crippen LogP contribution in [0.2, 0.25) is 5.02 Å². The fourth-order valence-corrected chi connectivity index (χ4v) is 4.40. The van der Waals surface area contributed by atoms with Gasteiger partial charge < -0.3 is 5.32 Å². The first-order valence-corrected chi connectivity index (χ1v) is 11.5. The van der Waals surface area contributed by atoms with E-state index in [1.807, 2.05) is 57.2 Å². The Morgan fingerprint density at radius 3 is 2.28 bits per heavy atom. The predicted octanol–water partition coefficient (Wildman–Crippen LogP) is 7.14. The topological polar surface area (TPSA) is 46.2 Å². The van der Waals surface area contributed by atoms with Gasteiger partial charge in [-0.05, 0) is 54.4 Å². The van der Waals surface area contributed by atoms with Crippen LogP contribution in [0.5, 0.6) is 0 Å². The lowest BCUT2D eigenvalue weighted by molar-refractivity contribution is -0.126. The lowest BCUT2D eigenvalue weighted by atomic mass is 9.75. The number of para-hydroxylation sites is 1. The number of anilines is 1. The molecule has 1 N–H and O–H groups in total. The van der Waals surface area contributed by atoms with Crippen LogP contribution in [0.15, 0.2) is 53.4 Å². The van der Waals surface area contributed by atoms with E-state index < -0.39 is 0 Å². The second-order valence-electron chi connectivity index (χ2n) is 7.35. The van der Waals surface area contributed by atoms with Gasteiger partial charge in [-0.15, -0.1) is 0 Å². The van der Waals surface area contributed by atoms with E-state index >= 15 is 0 Å². The summed E-state index contributed by atoms with van der Waals surface area (Å²) in [6.45, 7) is 6.04. The highest BCUT2D eigenvalue weighted by molar-refractivity contribution is 8.13. The molecule has 1 aliphatic rings. The van der Waals surface area contributed by atoms with E-state index in [1.165, 1.54) is 18.2 Å². The lowest BCUT2D eigenvalue weighted by Crippen LogP contribution is -2.35. The first-order chi connectivity index (χ1) is 14.0. The zero-order valence-electron chi connectivity index (χ0n) is 17.5. The summed E-state index contributed by atoms with van der Waals surface area (Å²) in [6, 6.07) is 14.8. The van der Waals surface area contributed by atoms with Crippen molar-refractivity contribution in [1.29, 1.82) is 0 Å². The molecule has 29 heavy (non-hydrogen) atoms. The maximum Gasteiger partial charge on any atom is 0.230 e. The Labute approximate surface area is 183 Å². The molecule has 3 nitrogen and oxygen atoms in total. The Hall–Kier alpha value is -1.78. The summed E-state index contributed by atoms with van der Waals surface area (Å²) in [7, 11) is 0. The summed E-state index contributed by atoms with van der Waals surface area (Å²) in [4.78, 5) is 26.1. The molecule has 0 heterocycles. The van der Waals surface area contributed by atoms with E-state index in [0.29, 0.717) is 17.1 Å². The Kier molecular flexibility index (Phi) is 9.25. The third-order valence-corrected chi connectivity index (χ3v) is 6.33. The fraction of sp³-hybridized carbons (Fsp3) is 0.417. The summed E-state index contributed by atoms with van der Waals surface area (Å²) in [5.41, 5.74) is 1.32. The molecular weight excluding hydrogens is 402 g/mol. The number of hydrogen-bond acceptors (Lipinski definition) is 3. The average Bonchev–Trinajstić information content (AvgIpc) is 2.73. The Balaban J connectivity index is 0.00000145. The van der Waals surface area contributed by atoms with Gasteiger partial charge in [0.15, 0.2) is 5.12 Å². The van der Waals surface area contributed by atoms with Gasteiger partial charge >= 0.3 is 0 Å². The van der Waals surface area contributed by atoms with Crippen molar-refractivity contribution in [2.24, 2.45) is 5.41 Å². The van der Waals surface area contributed by atoms with E-state index in [9.17, 15) is 9.59 Å². The van der Waals surface area contributed by atoms with E-state index in [4.69, 9.17) is 11.6 Å². The van der Waals surface area contributed by atoms with Gasteiger partial charge in [0, 0.05) is 21.8 Å². The highest BCUT2D eigenvalue weighted by atomic mass is 35.5. The maximum absolute atomic E-state index is 12.8. The van der Waals surface area contributed by atoms with Crippen LogP contribution >= 0.6 is 23.4 Å². The standard InChI is InChI=1S/C22H24ClNO2S.C2H6/c1-22(13-5-2-6-14-22)21(26)24-18-7-3-4-8-19(18)27-20(25)15-16-9-11-17(23)12-10-16;1-2/h3-4,7-12H,2,5-6,13-15H2,1H3,(H,24,26);1-2H3. The summed E-state index contributed by atoms with van der Waals surface area (Å²) in [6.07, 6.45) is 5.56. The summed E-state index contributed by atoms with van der Waals surface area (Å²) >= 11 is 7.06. The second-order valence-corrected chi connectivity index (χ2v) is 8.88. The molecule has 0 aromatic heterocycles. The molecule has 1 aliphatic carbocycles. The average molecular weight is 432 g/mol. The Morgan fingerprint density at radius 1 is 1.00 bits per heavy atom. The van der Waals surface area contributed by atoms with E-state index in [2.05, 4.69) is 5.32 Å². The van der Waals surface area contributed by atoms with Crippen molar-refractivity contribution in [2.45, 2.75) is 64.2 Å². The van der Waals surface area contributed by atoms with Gasteiger partial charge in [0.25, 0.3) is 0 Å². The highest BCUT2D eigenvalue weighted by Gasteiger charge is 2.34. The zero-order valence-corrected chi connectivity index (χ0v) is 19.0. The first kappa shape index (κ1) is 23.5. The van der Waals surface area contributed by atoms with E-state index in [-0.39, 0.29) is 16.4 Å². The number of rotatable bonds is 5. The van der Waals surface area contributed by atoms with Crippen LogP contribution in [0.25, 0.3) is 0 Å². The molecule has 1 fully saturated rings. The minimum atomic E-state index is -0.316. The quantitative estimate of drug-likeness (QED) is 0.512. The van der Waals surface area contributed by atoms with Crippen LogP contribution < -0.4 is 5.32 Å². The molecular formula is C24H30ClNO2S. The maximum atomic E-state index is 12.8. The zero-order chi connectivity index (χ0) is 21.3. The lowest BCUT2D eigenvalue weighted by Gasteiger charge is -2.32. The van der Waals surface area contributed by atoms with E-state index in [0.717, 1.165) is 36.1 Å². The van der Waals surface area contributed by atoms with Crippen LogP contribution in [-0.4, -0.2) is 11.0 Å². The molecule has 0 unspecified atom stereocenters. The normalized spacial score (nSPS) is 15.0. The molecule has 3 rings (SSSR count). The highest BCUT2D eigenvalue weighted by Crippen LogP contribution is 2.38. The number of benzene rings is 2. The monoisotopic (exact) mass is 431 g/mol. The van der Waals surface area contributed by atoms with Crippen LogP contribution in [0.3, 0.4) is 0 Å². The first-order valence-electron chi connectivity index (χ1n) is 10.3. The molecule has 0 atom stereocenters. The Bertz CT molecular complexity index is 814. The van der Waals surface area contributed by atoms with Gasteiger partial charge in [-0.1, -0.05) is 75.9 Å². The van der Waals surface area contributed by atoms with Gasteiger partial charge in [0.05, 0.1) is 5.69 Å². The van der Waals surface area contributed by atoms with Crippen molar-refractivity contribution in [3.8, 4) is 0 Å². The molecule has 156 valence electrons. The summed E-state index contributed by atoms with van der Waals surface area (Å²) < 4.78 is 0. The van der Waals surface area contributed by atoms with Crippen LogP contribution in [0, 0.1) is 5.41 Å². The molecule has 0 aliphatic heterocycles. The molecule has 1 saturated carbocycles. The smallest absolute Gasteiger partial charge is 0.230 e. The third-order valence-electron chi connectivity index (χ3n) is 5.13. The van der Waals surface area contributed by atoms with Gasteiger partial charge in [-0.25, -0.2) is 0 Å². The minimum Gasteiger partial charge on any atom is -0.325 e. The van der Waals surface area contributed by atoms with Crippen LogP contribution in [-0.2, 0) is 16.0 Å². The number of hydrogen-bond donors (Lipinski definition) is 1. The molecule has 2 aromatic carbocycles. The molecule has 5 heteroatoms. The van der Waals surface area contributed by atoms with Crippen LogP contribution in [0.4, 0.5) is 5.69 Å². The van der Waals surface area contributed by atoms with Gasteiger partial charge in [0.1, 0.15) is 0 Å². The van der Waals surface area contributed by atoms with Crippen molar-refractivity contribution in [3.63, 3.8) is 0 Å². The predicted molar refractivity (Wildman–Crippen MR) is 124 cm³/mol. The number of amides is 1. The Morgan fingerprint density at radius 2 is 1.62 bits per heavy atom. The molecule has 0 spiro atoms. The SMILES string of the molecule is CC.CC1(C(=O)Nc2ccccc2SC(=O)Cc2ccc(Cl)cc2)CCCCC1. The number of nitrogens with one attached hydrogen (secondary N) is 1. The summed E-state index contributed by atoms with van der Waals surface area (Å²) in [5, 5.41) is 3.75. The number of carbonyl (C=O) groups is 2. The van der Waals surface area contributed by atoms with Gasteiger partial charge in [-0.3, -0.25) is 9.59 Å². The largest absolute Gasteiger partial charge is 0.325 e. The fourth-order valence-electron chi connectivity index (χ4n) is 3.42. The van der Waals surface area contributed by atoms with Crippen molar-refractivity contribution in [3.05, 3.63) is 59.1 Å². The molecule has 1 amide bonds. The van der Waals surface area contributed by atoms with Crippen molar-refractivity contribution < 1.29 is 9.59 Å². The third kappa shape index (κ3) is 6.90. The van der Waals surface area contributed by atoms with Crippen molar-refractivity contribution >= 4 is 40.1 Å². The van der Waals surface area contributed by atoms with E-state index in [1.54, 1.807) is 12.1 Å². The molecule has 0 bridgehead atoms. The molecule has 0 saturated heterocycles. The molecule has 2 aromatic rings. The number of halogens is 1. The van der Waals surface area contributed by atoms with Crippen molar-refractivity contribution in [2.75, 3.05) is 5.32 Å². The van der Waals surface area contributed by atoms with Gasteiger partial charge in [0.2, 0.25) is 5.91 Å². The minimum absolute atomic E-state index is 0.0305.